The molecule has 0 amide bonds. The molecule has 0 bridgehead atoms. The molecule has 0 aromatic heterocycles. The molecule has 0 aliphatic carbocycles. The van der Waals surface area contributed by atoms with Crippen LogP contribution in [0.1, 0.15) is 34.6 Å². The lowest BCUT2D eigenvalue weighted by molar-refractivity contribution is -0.141. The van der Waals surface area contributed by atoms with E-state index in [9.17, 15) is 0 Å². The van der Waals surface area contributed by atoms with Gasteiger partial charge in [0.2, 0.25) is 5.79 Å². The smallest absolute Gasteiger partial charge is 0.244 e. The normalized spacial score (nSPS) is 19.4. The Morgan fingerprint density at radius 1 is 1.33 bits per heavy atom. The summed E-state index contributed by atoms with van der Waals surface area (Å²) >= 11 is 0. The predicted molar refractivity (Wildman–Crippen MR) is 56.0 cm³/mol. The summed E-state index contributed by atoms with van der Waals surface area (Å²) in [6.07, 6.45) is 1.58. The Labute approximate surface area is 91.1 Å². The summed E-state index contributed by atoms with van der Waals surface area (Å²) in [6, 6.07) is 0. The average molecular weight is 216 g/mol. The summed E-state index contributed by atoms with van der Waals surface area (Å²) in [5.41, 5.74) is -0.180. The van der Waals surface area contributed by atoms with E-state index in [1.54, 1.807) is 6.26 Å². The van der Waals surface area contributed by atoms with Crippen LogP contribution in [0, 0.1) is 0 Å². The van der Waals surface area contributed by atoms with Crippen molar-refractivity contribution < 1.29 is 18.9 Å². The van der Waals surface area contributed by atoms with Gasteiger partial charge in [0.1, 0.15) is 19.7 Å². The van der Waals surface area contributed by atoms with Crippen LogP contribution >= 0.6 is 0 Å². The van der Waals surface area contributed by atoms with Gasteiger partial charge in [0.05, 0.1) is 5.60 Å². The molecule has 15 heavy (non-hydrogen) atoms. The highest BCUT2D eigenvalue weighted by Gasteiger charge is 2.27. The molecule has 0 saturated heterocycles. The molecule has 88 valence electrons. The molecule has 0 unspecified atom stereocenters. The maximum Gasteiger partial charge on any atom is 0.244 e. The largest absolute Gasteiger partial charge is 0.457 e. The fourth-order valence-electron chi connectivity index (χ4n) is 0.996. The minimum atomic E-state index is -0.566. The molecule has 0 aromatic rings. The maximum atomic E-state index is 5.44. The second-order valence-electron chi connectivity index (χ2n) is 4.93. The Morgan fingerprint density at radius 3 is 2.47 bits per heavy atom. The fraction of sp³-hybridized carbons (Fsp3) is 0.818. The summed E-state index contributed by atoms with van der Waals surface area (Å²) < 4.78 is 21.4. The SMILES string of the molecule is CC(C)(C)OCOCC1=COC(C)(C)O1. The molecular weight excluding hydrogens is 196 g/mol. The van der Waals surface area contributed by atoms with Crippen molar-refractivity contribution in [1.82, 2.24) is 0 Å². The molecule has 4 nitrogen and oxygen atoms in total. The molecule has 1 aliphatic rings. The molecule has 4 heteroatoms. The van der Waals surface area contributed by atoms with Crippen LogP contribution in [0.25, 0.3) is 0 Å². The fourth-order valence-corrected chi connectivity index (χ4v) is 0.996. The third-order valence-corrected chi connectivity index (χ3v) is 1.67. The Morgan fingerprint density at radius 2 is 2.00 bits per heavy atom. The van der Waals surface area contributed by atoms with Crippen LogP contribution in [0.5, 0.6) is 0 Å². The molecule has 0 spiro atoms. The van der Waals surface area contributed by atoms with Crippen LogP contribution < -0.4 is 0 Å². The van der Waals surface area contributed by atoms with Crippen molar-refractivity contribution in [1.29, 1.82) is 0 Å². The van der Waals surface area contributed by atoms with E-state index >= 15 is 0 Å². The summed E-state index contributed by atoms with van der Waals surface area (Å²) in [7, 11) is 0. The summed E-state index contributed by atoms with van der Waals surface area (Å²) in [4.78, 5) is 0. The zero-order chi connectivity index (χ0) is 11.5. The van der Waals surface area contributed by atoms with E-state index in [1.807, 2.05) is 34.6 Å². The van der Waals surface area contributed by atoms with Crippen LogP contribution in [0.4, 0.5) is 0 Å². The first-order chi connectivity index (χ1) is 6.79. The lowest BCUT2D eigenvalue weighted by atomic mass is 10.2. The van der Waals surface area contributed by atoms with E-state index in [0.29, 0.717) is 12.4 Å². The zero-order valence-electron chi connectivity index (χ0n) is 10.1. The Kier molecular flexibility index (Phi) is 3.62. The van der Waals surface area contributed by atoms with E-state index in [4.69, 9.17) is 18.9 Å². The van der Waals surface area contributed by atoms with Crippen LogP contribution in [0.3, 0.4) is 0 Å². The van der Waals surface area contributed by atoms with E-state index in [-0.39, 0.29) is 12.4 Å². The molecule has 0 saturated carbocycles. The van der Waals surface area contributed by atoms with E-state index in [1.165, 1.54) is 0 Å². The van der Waals surface area contributed by atoms with Crippen molar-refractivity contribution in [2.24, 2.45) is 0 Å². The highest BCUT2D eigenvalue weighted by molar-refractivity contribution is 4.95. The van der Waals surface area contributed by atoms with Gasteiger partial charge in [0, 0.05) is 13.8 Å². The van der Waals surface area contributed by atoms with Crippen LogP contribution in [0.15, 0.2) is 12.0 Å². The highest BCUT2D eigenvalue weighted by atomic mass is 16.7. The molecule has 0 radical (unpaired) electrons. The minimum absolute atomic E-state index is 0.180. The van der Waals surface area contributed by atoms with Gasteiger partial charge in [0.15, 0.2) is 5.76 Å². The van der Waals surface area contributed by atoms with E-state index in [0.717, 1.165) is 0 Å². The van der Waals surface area contributed by atoms with Gasteiger partial charge < -0.3 is 18.9 Å². The molecular formula is C11H20O4. The number of hydrogen-bond donors (Lipinski definition) is 0. The molecule has 1 aliphatic heterocycles. The van der Waals surface area contributed by atoms with Crippen molar-refractivity contribution in [2.75, 3.05) is 13.4 Å². The molecule has 0 fully saturated rings. The van der Waals surface area contributed by atoms with Gasteiger partial charge in [-0.05, 0) is 20.8 Å². The van der Waals surface area contributed by atoms with Gasteiger partial charge in [-0.1, -0.05) is 0 Å². The summed E-state index contributed by atoms with van der Waals surface area (Å²) in [6.45, 7) is 10.3. The lowest BCUT2D eigenvalue weighted by Gasteiger charge is -2.20. The van der Waals surface area contributed by atoms with Crippen LogP contribution in [-0.2, 0) is 18.9 Å². The first-order valence-corrected chi connectivity index (χ1v) is 5.06. The van der Waals surface area contributed by atoms with Gasteiger partial charge >= 0.3 is 0 Å². The lowest BCUT2D eigenvalue weighted by Crippen LogP contribution is -2.23. The standard InChI is InChI=1S/C11H20O4/c1-10(2,3)14-8-12-6-9-7-13-11(4,5)15-9/h7H,6,8H2,1-5H3. The van der Waals surface area contributed by atoms with Gasteiger partial charge in [-0.25, -0.2) is 0 Å². The van der Waals surface area contributed by atoms with Gasteiger partial charge in [0.25, 0.3) is 0 Å². The Balaban J connectivity index is 2.12. The third-order valence-electron chi connectivity index (χ3n) is 1.67. The van der Waals surface area contributed by atoms with Crippen molar-refractivity contribution in [3.63, 3.8) is 0 Å². The third kappa shape index (κ3) is 5.04. The average Bonchev–Trinajstić information content (AvgIpc) is 2.38. The topological polar surface area (TPSA) is 36.9 Å². The first kappa shape index (κ1) is 12.3. The summed E-state index contributed by atoms with van der Waals surface area (Å²) in [5, 5.41) is 0. The van der Waals surface area contributed by atoms with Gasteiger partial charge in [-0.3, -0.25) is 0 Å². The second kappa shape index (κ2) is 4.41. The molecule has 1 rings (SSSR count). The highest BCUT2D eigenvalue weighted by Crippen LogP contribution is 2.24. The van der Waals surface area contributed by atoms with Crippen molar-refractivity contribution in [2.45, 2.75) is 46.0 Å². The van der Waals surface area contributed by atoms with E-state index in [2.05, 4.69) is 0 Å². The Hall–Kier alpha value is -0.740. The minimum Gasteiger partial charge on any atom is -0.457 e. The Bertz CT molecular complexity index is 237. The number of rotatable bonds is 4. The molecule has 0 aromatic carbocycles. The molecule has 0 N–H and O–H groups in total. The molecule has 0 atom stereocenters. The summed E-state index contributed by atoms with van der Waals surface area (Å²) in [5.74, 6) is 0.126. The monoisotopic (exact) mass is 216 g/mol. The van der Waals surface area contributed by atoms with Crippen molar-refractivity contribution >= 4 is 0 Å². The first-order valence-electron chi connectivity index (χ1n) is 5.06. The van der Waals surface area contributed by atoms with Crippen molar-refractivity contribution in [3.8, 4) is 0 Å². The zero-order valence-corrected chi connectivity index (χ0v) is 10.1. The van der Waals surface area contributed by atoms with Crippen molar-refractivity contribution in [3.05, 3.63) is 12.0 Å². The van der Waals surface area contributed by atoms with Crippen LogP contribution in [0.2, 0.25) is 0 Å². The number of hydrogen-bond acceptors (Lipinski definition) is 4. The van der Waals surface area contributed by atoms with Gasteiger partial charge in [-0.2, -0.15) is 0 Å². The predicted octanol–water partition coefficient (Wildman–Crippen LogP) is 2.40. The number of ether oxygens (including phenoxy) is 4. The molecule has 1 heterocycles. The van der Waals surface area contributed by atoms with E-state index < -0.39 is 5.79 Å². The van der Waals surface area contributed by atoms with Crippen LogP contribution in [-0.4, -0.2) is 24.8 Å². The second-order valence-corrected chi connectivity index (χ2v) is 4.93. The van der Waals surface area contributed by atoms with Gasteiger partial charge in [-0.15, -0.1) is 0 Å². The quantitative estimate of drug-likeness (QED) is 0.534. The maximum absolute atomic E-state index is 5.44.